The predicted octanol–water partition coefficient (Wildman–Crippen LogP) is 1.02. The van der Waals surface area contributed by atoms with Crippen molar-refractivity contribution in [3.8, 4) is 0 Å². The first-order chi connectivity index (χ1) is 6.97. The average molecular weight is 247 g/mol. The third kappa shape index (κ3) is 2.75. The van der Waals surface area contributed by atoms with Gasteiger partial charge in [0.25, 0.3) is 10.1 Å². The Morgan fingerprint density at radius 2 is 1.62 bits per heavy atom. The van der Waals surface area contributed by atoms with Crippen LogP contribution in [0.25, 0.3) is 10.8 Å². The maximum absolute atomic E-state index is 10.9. The number of hydrogen-bond acceptors (Lipinski definition) is 3. The van der Waals surface area contributed by atoms with Crippen LogP contribution in [0.5, 0.6) is 0 Å². The molecule has 2 aromatic rings. The summed E-state index contributed by atoms with van der Waals surface area (Å²) in [7, 11) is -4.15. The fourth-order valence-corrected chi connectivity index (χ4v) is 1.92. The monoisotopic (exact) mass is 247 g/mol. The molecule has 0 amide bonds. The molecule has 0 saturated heterocycles. The molecule has 6 heteroatoms. The van der Waals surface area contributed by atoms with Crippen molar-refractivity contribution in [2.24, 2.45) is 0 Å². The molecule has 0 aliphatic heterocycles. The standard InChI is InChI=1S/C10H9NO3S.Na.H/c11-9-3-1-7-2-4-10(15(12,13)14)6-8(7)5-9;;/h1-6H,11H2,(H,12,13,14);;. The molecule has 0 aromatic heterocycles. The molecule has 0 aliphatic rings. The summed E-state index contributed by atoms with van der Waals surface area (Å²) < 4.78 is 30.6. The summed E-state index contributed by atoms with van der Waals surface area (Å²) in [5.41, 5.74) is 6.12. The van der Waals surface area contributed by atoms with Gasteiger partial charge in [0.15, 0.2) is 0 Å². The minimum absolute atomic E-state index is 0. The van der Waals surface area contributed by atoms with Crippen LogP contribution >= 0.6 is 0 Å². The van der Waals surface area contributed by atoms with Crippen LogP contribution in [0.1, 0.15) is 0 Å². The van der Waals surface area contributed by atoms with Crippen LogP contribution in [0.3, 0.4) is 0 Å². The van der Waals surface area contributed by atoms with Gasteiger partial charge >= 0.3 is 29.6 Å². The van der Waals surface area contributed by atoms with Crippen LogP contribution in [-0.2, 0) is 10.1 Å². The Labute approximate surface area is 115 Å². The van der Waals surface area contributed by atoms with Crippen LogP contribution in [0.2, 0.25) is 0 Å². The zero-order valence-electron chi connectivity index (χ0n) is 7.71. The number of anilines is 1. The quantitative estimate of drug-likeness (QED) is 0.448. The zero-order valence-corrected chi connectivity index (χ0v) is 8.53. The molecule has 16 heavy (non-hydrogen) atoms. The fourth-order valence-electron chi connectivity index (χ4n) is 1.40. The van der Waals surface area contributed by atoms with E-state index >= 15 is 0 Å². The fraction of sp³-hybridized carbons (Fsp3) is 0. The SMILES string of the molecule is Nc1ccc2ccc(S(=O)(=O)O)cc2c1.[NaH]. The number of nitrogens with two attached hydrogens (primary N) is 1. The van der Waals surface area contributed by atoms with E-state index in [2.05, 4.69) is 0 Å². The summed E-state index contributed by atoms with van der Waals surface area (Å²) in [4.78, 5) is -0.124. The second-order valence-electron chi connectivity index (χ2n) is 3.24. The Hall–Kier alpha value is -0.590. The van der Waals surface area contributed by atoms with Gasteiger partial charge in [-0.3, -0.25) is 4.55 Å². The van der Waals surface area contributed by atoms with Crippen LogP contribution in [0.15, 0.2) is 41.3 Å². The van der Waals surface area contributed by atoms with Gasteiger partial charge in [0.05, 0.1) is 4.90 Å². The molecule has 0 bridgehead atoms. The first-order valence-corrected chi connectivity index (χ1v) is 5.67. The normalized spacial score (nSPS) is 11.1. The molecule has 0 heterocycles. The first-order valence-electron chi connectivity index (χ1n) is 4.23. The van der Waals surface area contributed by atoms with Gasteiger partial charge in [-0.05, 0) is 35.0 Å². The van der Waals surface area contributed by atoms with Crippen molar-refractivity contribution in [1.29, 1.82) is 0 Å². The summed E-state index contributed by atoms with van der Waals surface area (Å²) in [6.07, 6.45) is 0. The predicted molar refractivity (Wildman–Crippen MR) is 65.3 cm³/mol. The van der Waals surface area contributed by atoms with Gasteiger partial charge in [0.2, 0.25) is 0 Å². The second-order valence-corrected chi connectivity index (χ2v) is 4.66. The van der Waals surface area contributed by atoms with Crippen molar-refractivity contribution in [3.63, 3.8) is 0 Å². The topological polar surface area (TPSA) is 80.4 Å². The summed E-state index contributed by atoms with van der Waals surface area (Å²) in [5, 5.41) is 1.56. The minimum atomic E-state index is -4.15. The van der Waals surface area contributed by atoms with Crippen molar-refractivity contribution in [3.05, 3.63) is 36.4 Å². The molecule has 0 fully saturated rings. The van der Waals surface area contributed by atoms with Gasteiger partial charge in [-0.15, -0.1) is 0 Å². The molecule has 0 saturated carbocycles. The van der Waals surface area contributed by atoms with Crippen LogP contribution in [-0.4, -0.2) is 42.5 Å². The van der Waals surface area contributed by atoms with Gasteiger partial charge in [-0.25, -0.2) is 0 Å². The van der Waals surface area contributed by atoms with Crippen LogP contribution in [0, 0.1) is 0 Å². The zero-order chi connectivity index (χ0) is 11.1. The van der Waals surface area contributed by atoms with Gasteiger partial charge < -0.3 is 5.73 Å². The van der Waals surface area contributed by atoms with E-state index < -0.39 is 10.1 Å². The van der Waals surface area contributed by atoms with E-state index in [9.17, 15) is 8.42 Å². The Morgan fingerprint density at radius 3 is 2.25 bits per heavy atom. The van der Waals surface area contributed by atoms with Crippen LogP contribution in [0.4, 0.5) is 5.69 Å². The molecule has 0 radical (unpaired) electrons. The van der Waals surface area contributed by atoms with E-state index in [1.165, 1.54) is 12.1 Å². The Bertz CT molecular complexity index is 625. The van der Waals surface area contributed by atoms with Crippen molar-refractivity contribution in [2.45, 2.75) is 4.90 Å². The summed E-state index contributed by atoms with van der Waals surface area (Å²) in [5.74, 6) is 0. The summed E-state index contributed by atoms with van der Waals surface area (Å²) in [6.45, 7) is 0. The molecule has 3 N–H and O–H groups in total. The van der Waals surface area contributed by atoms with Crippen LogP contribution < -0.4 is 5.73 Å². The Morgan fingerprint density at radius 1 is 1.00 bits per heavy atom. The first kappa shape index (κ1) is 13.5. The van der Waals surface area contributed by atoms with E-state index in [1.54, 1.807) is 24.3 Å². The Balaban J connectivity index is 0.00000128. The Kier molecular flexibility index (Phi) is 3.98. The molecular weight excluding hydrogens is 237 g/mol. The molecule has 0 aliphatic carbocycles. The molecule has 0 unspecified atom stereocenters. The van der Waals surface area contributed by atoms with Crippen molar-refractivity contribution < 1.29 is 13.0 Å². The number of rotatable bonds is 1. The van der Waals surface area contributed by atoms with E-state index in [0.717, 1.165) is 5.39 Å². The van der Waals surface area contributed by atoms with Crippen molar-refractivity contribution >= 4 is 56.1 Å². The molecule has 80 valence electrons. The second kappa shape index (κ2) is 4.73. The molecule has 2 rings (SSSR count). The number of benzene rings is 2. The summed E-state index contributed by atoms with van der Waals surface area (Å²) >= 11 is 0. The maximum atomic E-state index is 10.9. The summed E-state index contributed by atoms with van der Waals surface area (Å²) in [6, 6.07) is 9.55. The number of hydrogen-bond donors (Lipinski definition) is 2. The third-order valence-corrected chi connectivity index (χ3v) is 2.98. The average Bonchev–Trinajstić information content (AvgIpc) is 2.15. The van der Waals surface area contributed by atoms with E-state index in [-0.39, 0.29) is 34.5 Å². The van der Waals surface area contributed by atoms with E-state index in [1.807, 2.05) is 0 Å². The third-order valence-electron chi connectivity index (χ3n) is 2.13. The van der Waals surface area contributed by atoms with E-state index in [4.69, 9.17) is 10.3 Å². The molecule has 4 nitrogen and oxygen atoms in total. The van der Waals surface area contributed by atoms with Crippen molar-refractivity contribution in [1.82, 2.24) is 0 Å². The van der Waals surface area contributed by atoms with Gasteiger partial charge in [-0.2, -0.15) is 8.42 Å². The van der Waals surface area contributed by atoms with Gasteiger partial charge in [-0.1, -0.05) is 12.1 Å². The molecular formula is C10H10NNaO3S. The number of fused-ring (bicyclic) bond motifs is 1. The van der Waals surface area contributed by atoms with Crippen molar-refractivity contribution in [2.75, 3.05) is 5.73 Å². The molecule has 2 aromatic carbocycles. The van der Waals surface area contributed by atoms with E-state index in [0.29, 0.717) is 11.1 Å². The molecule has 0 spiro atoms. The number of nitrogen functional groups attached to an aromatic ring is 1. The van der Waals surface area contributed by atoms with Gasteiger partial charge in [0, 0.05) is 5.69 Å². The van der Waals surface area contributed by atoms with Gasteiger partial charge in [0.1, 0.15) is 0 Å². The molecule has 0 atom stereocenters.